The van der Waals surface area contributed by atoms with Crippen LogP contribution in [0, 0.1) is 6.92 Å². The van der Waals surface area contributed by atoms with E-state index in [9.17, 15) is 0 Å². The maximum absolute atomic E-state index is 5.80. The van der Waals surface area contributed by atoms with Gasteiger partial charge in [0.05, 0.1) is 17.9 Å². The number of alkyl halides is 1. The number of aryl methyl sites for hydroxylation is 1. The minimum atomic E-state index is 0.506. The number of rotatable bonds is 3. The SMILES string of the molecule is Cc1ccc(Cn2cncc2CCl)cc1. The zero-order chi connectivity index (χ0) is 10.7. The lowest BCUT2D eigenvalue weighted by molar-refractivity contribution is 0.765. The van der Waals surface area contributed by atoms with Gasteiger partial charge in [-0.3, -0.25) is 0 Å². The van der Waals surface area contributed by atoms with Crippen molar-refractivity contribution in [1.82, 2.24) is 9.55 Å². The Kier molecular flexibility index (Phi) is 3.07. The zero-order valence-corrected chi connectivity index (χ0v) is 9.41. The van der Waals surface area contributed by atoms with Crippen molar-refractivity contribution in [2.75, 3.05) is 0 Å². The van der Waals surface area contributed by atoms with Crippen molar-refractivity contribution in [2.45, 2.75) is 19.3 Å². The number of halogens is 1. The third-order valence-electron chi connectivity index (χ3n) is 2.41. The van der Waals surface area contributed by atoms with E-state index in [4.69, 9.17) is 11.6 Å². The lowest BCUT2D eigenvalue weighted by Crippen LogP contribution is -2.01. The van der Waals surface area contributed by atoms with Gasteiger partial charge in [-0.25, -0.2) is 4.98 Å². The molecule has 78 valence electrons. The summed E-state index contributed by atoms with van der Waals surface area (Å²) >= 11 is 5.80. The van der Waals surface area contributed by atoms with Crippen LogP contribution < -0.4 is 0 Å². The molecule has 0 aliphatic heterocycles. The molecular weight excluding hydrogens is 208 g/mol. The van der Waals surface area contributed by atoms with E-state index in [1.165, 1.54) is 11.1 Å². The summed E-state index contributed by atoms with van der Waals surface area (Å²) in [6, 6.07) is 8.50. The predicted molar refractivity (Wildman–Crippen MR) is 62.1 cm³/mol. The van der Waals surface area contributed by atoms with Crippen LogP contribution in [0.2, 0.25) is 0 Å². The molecule has 2 nitrogen and oxygen atoms in total. The molecule has 2 aromatic rings. The number of benzene rings is 1. The number of imidazole rings is 1. The minimum Gasteiger partial charge on any atom is -0.329 e. The first-order chi connectivity index (χ1) is 7.29. The Morgan fingerprint density at radius 3 is 2.67 bits per heavy atom. The average Bonchev–Trinajstić information content (AvgIpc) is 2.69. The summed E-state index contributed by atoms with van der Waals surface area (Å²) in [5, 5.41) is 0. The second-order valence-corrected chi connectivity index (χ2v) is 3.90. The highest BCUT2D eigenvalue weighted by Gasteiger charge is 2.00. The van der Waals surface area contributed by atoms with E-state index in [1.54, 1.807) is 6.20 Å². The van der Waals surface area contributed by atoms with Gasteiger partial charge in [0.2, 0.25) is 0 Å². The van der Waals surface area contributed by atoms with Crippen molar-refractivity contribution in [2.24, 2.45) is 0 Å². The Hall–Kier alpha value is -1.28. The first kappa shape index (κ1) is 10.2. The summed E-state index contributed by atoms with van der Waals surface area (Å²) in [7, 11) is 0. The van der Waals surface area contributed by atoms with Gasteiger partial charge in [-0.1, -0.05) is 29.8 Å². The highest BCUT2D eigenvalue weighted by molar-refractivity contribution is 6.16. The molecule has 15 heavy (non-hydrogen) atoms. The lowest BCUT2D eigenvalue weighted by Gasteiger charge is -2.06. The molecule has 0 saturated carbocycles. The molecule has 1 aromatic carbocycles. The quantitative estimate of drug-likeness (QED) is 0.728. The van der Waals surface area contributed by atoms with E-state index in [0.29, 0.717) is 5.88 Å². The van der Waals surface area contributed by atoms with E-state index in [-0.39, 0.29) is 0 Å². The zero-order valence-electron chi connectivity index (χ0n) is 8.65. The van der Waals surface area contributed by atoms with Crippen molar-refractivity contribution in [3.63, 3.8) is 0 Å². The number of hydrogen-bond acceptors (Lipinski definition) is 1. The van der Waals surface area contributed by atoms with Gasteiger partial charge in [0.1, 0.15) is 0 Å². The van der Waals surface area contributed by atoms with Gasteiger partial charge in [-0.05, 0) is 12.5 Å². The molecule has 1 heterocycles. The van der Waals surface area contributed by atoms with Gasteiger partial charge >= 0.3 is 0 Å². The second kappa shape index (κ2) is 4.49. The Bertz CT molecular complexity index is 431. The van der Waals surface area contributed by atoms with Gasteiger partial charge < -0.3 is 4.57 Å². The van der Waals surface area contributed by atoms with Crippen LogP contribution in [0.3, 0.4) is 0 Å². The third kappa shape index (κ3) is 2.39. The van der Waals surface area contributed by atoms with Gasteiger partial charge in [-0.15, -0.1) is 11.6 Å². The van der Waals surface area contributed by atoms with Crippen LogP contribution in [-0.2, 0) is 12.4 Å². The molecule has 0 amide bonds. The Morgan fingerprint density at radius 1 is 1.27 bits per heavy atom. The monoisotopic (exact) mass is 220 g/mol. The van der Waals surface area contributed by atoms with Crippen molar-refractivity contribution in [3.05, 3.63) is 53.6 Å². The number of hydrogen-bond donors (Lipinski definition) is 0. The smallest absolute Gasteiger partial charge is 0.0951 e. The van der Waals surface area contributed by atoms with Crippen LogP contribution in [0.1, 0.15) is 16.8 Å². The van der Waals surface area contributed by atoms with Gasteiger partial charge in [0.15, 0.2) is 0 Å². The van der Waals surface area contributed by atoms with Crippen LogP contribution >= 0.6 is 11.6 Å². The molecule has 0 radical (unpaired) electrons. The molecule has 0 aliphatic rings. The molecule has 0 atom stereocenters. The number of nitrogens with zero attached hydrogens (tertiary/aromatic N) is 2. The summed E-state index contributed by atoms with van der Waals surface area (Å²) in [6.07, 6.45) is 3.62. The molecule has 0 spiro atoms. The molecule has 0 saturated heterocycles. The van der Waals surface area contributed by atoms with Gasteiger partial charge in [0.25, 0.3) is 0 Å². The van der Waals surface area contributed by atoms with Gasteiger partial charge in [-0.2, -0.15) is 0 Å². The van der Waals surface area contributed by atoms with Gasteiger partial charge in [0, 0.05) is 12.7 Å². The lowest BCUT2D eigenvalue weighted by atomic mass is 10.1. The summed E-state index contributed by atoms with van der Waals surface area (Å²) in [5.41, 5.74) is 3.60. The maximum Gasteiger partial charge on any atom is 0.0951 e. The summed E-state index contributed by atoms with van der Waals surface area (Å²) < 4.78 is 2.07. The molecular formula is C12H13ClN2. The summed E-state index contributed by atoms with van der Waals surface area (Å²) in [4.78, 5) is 4.09. The van der Waals surface area contributed by atoms with Crippen molar-refractivity contribution in [3.8, 4) is 0 Å². The second-order valence-electron chi connectivity index (χ2n) is 3.63. The summed E-state index contributed by atoms with van der Waals surface area (Å²) in [6.45, 7) is 2.92. The fourth-order valence-electron chi connectivity index (χ4n) is 1.49. The summed E-state index contributed by atoms with van der Waals surface area (Å²) in [5.74, 6) is 0.506. The standard InChI is InChI=1S/C12H13ClN2/c1-10-2-4-11(5-3-10)8-15-9-14-7-12(15)6-13/h2-5,7,9H,6,8H2,1H3. The molecule has 1 aromatic heterocycles. The minimum absolute atomic E-state index is 0.506. The van der Waals surface area contributed by atoms with Crippen LogP contribution in [0.4, 0.5) is 0 Å². The molecule has 0 unspecified atom stereocenters. The molecule has 0 aliphatic carbocycles. The van der Waals surface area contributed by atoms with Crippen molar-refractivity contribution < 1.29 is 0 Å². The van der Waals surface area contributed by atoms with Crippen LogP contribution in [0.25, 0.3) is 0 Å². The molecule has 0 N–H and O–H groups in total. The van der Waals surface area contributed by atoms with Crippen molar-refractivity contribution >= 4 is 11.6 Å². The topological polar surface area (TPSA) is 17.8 Å². The van der Waals surface area contributed by atoms with Crippen LogP contribution in [0.5, 0.6) is 0 Å². The number of aromatic nitrogens is 2. The molecule has 3 heteroatoms. The normalized spacial score (nSPS) is 10.5. The maximum atomic E-state index is 5.80. The van der Waals surface area contributed by atoms with E-state index in [0.717, 1.165) is 12.2 Å². The first-order valence-corrected chi connectivity index (χ1v) is 5.43. The van der Waals surface area contributed by atoms with E-state index < -0.39 is 0 Å². The fraction of sp³-hybridized carbons (Fsp3) is 0.250. The molecule has 2 rings (SSSR count). The van der Waals surface area contributed by atoms with Crippen LogP contribution in [-0.4, -0.2) is 9.55 Å². The van der Waals surface area contributed by atoms with E-state index in [2.05, 4.69) is 40.7 Å². The Balaban J connectivity index is 2.18. The van der Waals surface area contributed by atoms with Crippen LogP contribution in [0.15, 0.2) is 36.8 Å². The first-order valence-electron chi connectivity index (χ1n) is 4.90. The highest BCUT2D eigenvalue weighted by Crippen LogP contribution is 2.09. The van der Waals surface area contributed by atoms with E-state index >= 15 is 0 Å². The van der Waals surface area contributed by atoms with E-state index in [1.807, 2.05) is 6.33 Å². The largest absolute Gasteiger partial charge is 0.329 e. The highest BCUT2D eigenvalue weighted by atomic mass is 35.5. The Labute approximate surface area is 94.5 Å². The predicted octanol–water partition coefficient (Wildman–Crippen LogP) is 2.98. The Morgan fingerprint density at radius 2 is 2.00 bits per heavy atom. The third-order valence-corrected chi connectivity index (χ3v) is 2.68. The average molecular weight is 221 g/mol. The molecule has 0 bridgehead atoms. The fourth-order valence-corrected chi connectivity index (χ4v) is 1.71. The molecule has 0 fully saturated rings. The van der Waals surface area contributed by atoms with Crippen molar-refractivity contribution in [1.29, 1.82) is 0 Å².